The lowest BCUT2D eigenvalue weighted by atomic mass is 10.1. The van der Waals surface area contributed by atoms with Gasteiger partial charge in [-0.2, -0.15) is 0 Å². The van der Waals surface area contributed by atoms with Crippen molar-refractivity contribution in [2.24, 2.45) is 0 Å². The summed E-state index contributed by atoms with van der Waals surface area (Å²) in [5.41, 5.74) is 0.674. The molecule has 0 saturated carbocycles. The molecular formula is C14H16BrFN4. The van der Waals surface area contributed by atoms with Gasteiger partial charge >= 0.3 is 0 Å². The molecule has 1 aromatic carbocycles. The minimum Gasteiger partial charge on any atom is -0.370 e. The summed E-state index contributed by atoms with van der Waals surface area (Å²) in [7, 11) is 0. The van der Waals surface area contributed by atoms with Gasteiger partial charge in [-0.3, -0.25) is 0 Å². The summed E-state index contributed by atoms with van der Waals surface area (Å²) in [5, 5.41) is 6.28. The van der Waals surface area contributed by atoms with Crippen LogP contribution in [0.4, 0.5) is 16.0 Å². The molecule has 6 heteroatoms. The third-order valence-electron chi connectivity index (χ3n) is 2.73. The van der Waals surface area contributed by atoms with E-state index in [-0.39, 0.29) is 5.82 Å². The fraction of sp³-hybridized carbons (Fsp3) is 0.286. The second kappa shape index (κ2) is 7.19. The molecule has 2 aromatic rings. The Bertz CT molecular complexity index is 577. The Morgan fingerprint density at radius 2 is 1.90 bits per heavy atom. The highest BCUT2D eigenvalue weighted by Gasteiger charge is 2.03. The van der Waals surface area contributed by atoms with Crippen molar-refractivity contribution in [1.82, 2.24) is 9.97 Å². The number of aromatic nitrogens is 2. The summed E-state index contributed by atoms with van der Waals surface area (Å²) in [4.78, 5) is 8.22. The van der Waals surface area contributed by atoms with E-state index in [0.717, 1.165) is 22.7 Å². The molecule has 0 aliphatic heterocycles. The highest BCUT2D eigenvalue weighted by atomic mass is 79.9. The summed E-state index contributed by atoms with van der Waals surface area (Å²) < 4.78 is 14.5. The zero-order chi connectivity index (χ0) is 14.4. The minimum atomic E-state index is -0.189. The first-order valence-electron chi connectivity index (χ1n) is 6.42. The van der Waals surface area contributed by atoms with E-state index in [2.05, 4.69) is 36.5 Å². The Morgan fingerprint density at radius 1 is 1.15 bits per heavy atom. The van der Waals surface area contributed by atoms with Crippen LogP contribution >= 0.6 is 15.9 Å². The first kappa shape index (κ1) is 14.7. The molecule has 2 rings (SSSR count). The van der Waals surface area contributed by atoms with E-state index in [4.69, 9.17) is 0 Å². The summed E-state index contributed by atoms with van der Waals surface area (Å²) in [6.45, 7) is 3.42. The van der Waals surface area contributed by atoms with Crippen LogP contribution in [0.5, 0.6) is 0 Å². The van der Waals surface area contributed by atoms with E-state index < -0.39 is 0 Å². The van der Waals surface area contributed by atoms with E-state index in [1.54, 1.807) is 12.1 Å². The normalized spacial score (nSPS) is 10.3. The lowest BCUT2D eigenvalue weighted by Crippen LogP contribution is -2.08. The van der Waals surface area contributed by atoms with Crippen LogP contribution in [-0.2, 0) is 6.42 Å². The zero-order valence-electron chi connectivity index (χ0n) is 11.2. The van der Waals surface area contributed by atoms with Gasteiger partial charge in [-0.05, 0) is 37.1 Å². The largest absolute Gasteiger partial charge is 0.370 e. The van der Waals surface area contributed by atoms with Gasteiger partial charge in [0.15, 0.2) is 0 Å². The monoisotopic (exact) mass is 338 g/mol. The van der Waals surface area contributed by atoms with Gasteiger partial charge in [0.25, 0.3) is 0 Å². The summed E-state index contributed by atoms with van der Waals surface area (Å²) in [6.07, 6.45) is 2.09. The number of rotatable bonds is 6. The average Bonchev–Trinajstić information content (AvgIpc) is 2.43. The fourth-order valence-corrected chi connectivity index (χ4v) is 2.20. The molecule has 0 fully saturated rings. The van der Waals surface area contributed by atoms with Crippen LogP contribution in [0.1, 0.15) is 12.5 Å². The molecule has 0 aliphatic carbocycles. The fourth-order valence-electron chi connectivity index (χ4n) is 1.79. The number of nitrogens with one attached hydrogen (secondary N) is 2. The number of hydrogen-bond donors (Lipinski definition) is 2. The highest BCUT2D eigenvalue weighted by molar-refractivity contribution is 9.10. The predicted octanol–water partition coefficient (Wildman–Crippen LogP) is 3.46. The van der Waals surface area contributed by atoms with E-state index in [9.17, 15) is 4.39 Å². The Morgan fingerprint density at radius 3 is 2.65 bits per heavy atom. The van der Waals surface area contributed by atoms with Gasteiger partial charge in [-0.1, -0.05) is 15.9 Å². The van der Waals surface area contributed by atoms with Gasteiger partial charge < -0.3 is 10.6 Å². The third-order valence-corrected chi connectivity index (χ3v) is 3.23. The second-order valence-corrected chi connectivity index (χ2v) is 5.15. The standard InChI is InChI=1S/C14H16BrFN4/c1-2-17-13-8-14(20-9-19-13)18-6-5-10-7-11(15)3-4-12(10)16/h3-4,7-9H,2,5-6H2,1H3,(H2,17,18,19,20). The Balaban J connectivity index is 1.92. The molecule has 1 heterocycles. The van der Waals surface area contributed by atoms with Gasteiger partial charge in [0.1, 0.15) is 23.8 Å². The molecule has 0 atom stereocenters. The van der Waals surface area contributed by atoms with Crippen LogP contribution in [-0.4, -0.2) is 23.1 Å². The van der Waals surface area contributed by atoms with Crippen molar-refractivity contribution in [1.29, 1.82) is 0 Å². The van der Waals surface area contributed by atoms with Crippen LogP contribution in [0.25, 0.3) is 0 Å². The number of hydrogen-bond acceptors (Lipinski definition) is 4. The van der Waals surface area contributed by atoms with Crippen LogP contribution in [0.3, 0.4) is 0 Å². The number of benzene rings is 1. The molecule has 2 N–H and O–H groups in total. The molecular weight excluding hydrogens is 323 g/mol. The van der Waals surface area contributed by atoms with Crippen LogP contribution in [0.15, 0.2) is 35.1 Å². The quantitative estimate of drug-likeness (QED) is 0.846. The predicted molar refractivity (Wildman–Crippen MR) is 82.5 cm³/mol. The molecule has 1 aromatic heterocycles. The lowest BCUT2D eigenvalue weighted by Gasteiger charge is -2.08. The van der Waals surface area contributed by atoms with Crippen LogP contribution in [0, 0.1) is 5.82 Å². The Labute approximate surface area is 126 Å². The van der Waals surface area contributed by atoms with E-state index in [0.29, 0.717) is 18.5 Å². The smallest absolute Gasteiger partial charge is 0.131 e. The van der Waals surface area contributed by atoms with Crippen molar-refractivity contribution in [2.75, 3.05) is 23.7 Å². The summed E-state index contributed by atoms with van der Waals surface area (Å²) >= 11 is 3.34. The van der Waals surface area contributed by atoms with Crippen LogP contribution in [0.2, 0.25) is 0 Å². The van der Waals surface area contributed by atoms with E-state index in [1.165, 1.54) is 12.4 Å². The Kier molecular flexibility index (Phi) is 5.29. The zero-order valence-corrected chi connectivity index (χ0v) is 12.7. The van der Waals surface area contributed by atoms with Crippen molar-refractivity contribution in [3.8, 4) is 0 Å². The average molecular weight is 339 g/mol. The Hall–Kier alpha value is -1.69. The molecule has 0 bridgehead atoms. The van der Waals surface area contributed by atoms with Crippen molar-refractivity contribution >= 4 is 27.6 Å². The van der Waals surface area contributed by atoms with Gasteiger partial charge in [-0.25, -0.2) is 14.4 Å². The molecule has 106 valence electrons. The molecule has 0 spiro atoms. The molecule has 0 unspecified atom stereocenters. The van der Waals surface area contributed by atoms with E-state index in [1.807, 2.05) is 13.0 Å². The van der Waals surface area contributed by atoms with Gasteiger partial charge in [0.05, 0.1) is 0 Å². The van der Waals surface area contributed by atoms with Gasteiger partial charge in [0, 0.05) is 23.6 Å². The maximum Gasteiger partial charge on any atom is 0.131 e. The topological polar surface area (TPSA) is 49.8 Å². The number of nitrogens with zero attached hydrogens (tertiary/aromatic N) is 2. The highest BCUT2D eigenvalue weighted by Crippen LogP contribution is 2.16. The van der Waals surface area contributed by atoms with Gasteiger partial charge in [0.2, 0.25) is 0 Å². The molecule has 0 saturated heterocycles. The molecule has 0 amide bonds. The van der Waals surface area contributed by atoms with Crippen molar-refractivity contribution in [2.45, 2.75) is 13.3 Å². The van der Waals surface area contributed by atoms with Gasteiger partial charge in [-0.15, -0.1) is 0 Å². The van der Waals surface area contributed by atoms with Crippen molar-refractivity contribution in [3.63, 3.8) is 0 Å². The van der Waals surface area contributed by atoms with Crippen molar-refractivity contribution in [3.05, 3.63) is 46.4 Å². The first-order valence-corrected chi connectivity index (χ1v) is 7.22. The molecule has 0 radical (unpaired) electrons. The van der Waals surface area contributed by atoms with Crippen molar-refractivity contribution < 1.29 is 4.39 Å². The summed E-state index contributed by atoms with van der Waals surface area (Å²) in [5.74, 6) is 1.32. The maximum atomic E-state index is 13.6. The van der Waals surface area contributed by atoms with E-state index >= 15 is 0 Å². The minimum absolute atomic E-state index is 0.189. The molecule has 20 heavy (non-hydrogen) atoms. The number of anilines is 2. The first-order chi connectivity index (χ1) is 9.69. The molecule has 4 nitrogen and oxygen atoms in total. The third kappa shape index (κ3) is 4.16. The number of halogens is 2. The SMILES string of the molecule is CCNc1cc(NCCc2cc(Br)ccc2F)ncn1. The maximum absolute atomic E-state index is 13.6. The summed E-state index contributed by atoms with van der Waals surface area (Å²) in [6, 6.07) is 6.79. The second-order valence-electron chi connectivity index (χ2n) is 4.23. The molecule has 0 aliphatic rings. The van der Waals surface area contributed by atoms with Crippen LogP contribution < -0.4 is 10.6 Å². The lowest BCUT2D eigenvalue weighted by molar-refractivity contribution is 0.610.